The van der Waals surface area contributed by atoms with Gasteiger partial charge in [-0.2, -0.15) is 0 Å². The first-order valence-corrected chi connectivity index (χ1v) is 10.6. The summed E-state index contributed by atoms with van der Waals surface area (Å²) in [5.41, 5.74) is 1.58. The van der Waals surface area contributed by atoms with Crippen molar-refractivity contribution >= 4 is 76.9 Å². The van der Waals surface area contributed by atoms with Crippen LogP contribution in [-0.2, 0) is 0 Å². The Morgan fingerprint density at radius 2 is 1.70 bits per heavy atom. The van der Waals surface area contributed by atoms with Crippen LogP contribution in [0.1, 0.15) is 16.8 Å². The predicted octanol–water partition coefficient (Wildman–Crippen LogP) is 5.84. The number of carbonyl (C=O) groups is 1. The van der Waals surface area contributed by atoms with Gasteiger partial charge in [0.25, 0.3) is 5.91 Å². The van der Waals surface area contributed by atoms with E-state index in [1.807, 2.05) is 56.6 Å². The van der Waals surface area contributed by atoms with E-state index >= 15 is 0 Å². The molecular weight excluding hydrogens is 514 g/mol. The third-order valence-corrected chi connectivity index (χ3v) is 5.96. The molecule has 3 rings (SSSR count). The first kappa shape index (κ1) is 22.3. The van der Waals surface area contributed by atoms with E-state index < -0.39 is 0 Å². The Kier molecular flexibility index (Phi) is 8.24. The number of nitrogens with zero attached hydrogens (tertiary/aromatic N) is 3. The van der Waals surface area contributed by atoms with Crippen LogP contribution in [0.4, 0.5) is 5.13 Å². The van der Waals surface area contributed by atoms with Gasteiger partial charge in [-0.25, -0.2) is 4.98 Å². The molecule has 1 amide bonds. The molecule has 0 fully saturated rings. The van der Waals surface area contributed by atoms with Gasteiger partial charge in [0.1, 0.15) is 0 Å². The summed E-state index contributed by atoms with van der Waals surface area (Å²) in [6.07, 6.45) is 0.884. The van der Waals surface area contributed by atoms with Gasteiger partial charge in [-0.05, 0) is 69.5 Å². The van der Waals surface area contributed by atoms with Crippen molar-refractivity contribution in [2.45, 2.75) is 6.42 Å². The van der Waals surface area contributed by atoms with Gasteiger partial charge in [0.05, 0.1) is 10.2 Å². The molecule has 0 atom stereocenters. The normalized spacial score (nSPS) is 10.9. The summed E-state index contributed by atoms with van der Waals surface area (Å²) in [6.45, 7) is 1.55. The van der Waals surface area contributed by atoms with Crippen molar-refractivity contribution in [1.29, 1.82) is 0 Å². The molecule has 1 heterocycles. The summed E-state index contributed by atoms with van der Waals surface area (Å²) < 4.78 is 3.03. The molecule has 0 bridgehead atoms. The van der Waals surface area contributed by atoms with Crippen LogP contribution in [0.5, 0.6) is 0 Å². The molecule has 0 spiro atoms. The number of hydrogen-bond acceptors (Lipinski definition) is 4. The topological polar surface area (TPSA) is 36.4 Å². The molecule has 0 saturated heterocycles. The van der Waals surface area contributed by atoms with E-state index in [0.717, 1.165) is 37.3 Å². The molecule has 0 unspecified atom stereocenters. The second-order valence-corrected chi connectivity index (χ2v) is 9.07. The lowest BCUT2D eigenvalue weighted by molar-refractivity contribution is 0.0986. The van der Waals surface area contributed by atoms with Crippen LogP contribution in [-0.4, -0.2) is 43.0 Å². The number of carbonyl (C=O) groups excluding carboxylic acids is 1. The molecule has 1 aromatic heterocycles. The Balaban J connectivity index is 0.00000261. The molecule has 0 aliphatic heterocycles. The number of anilines is 1. The fraction of sp³-hybridized carbons (Fsp3) is 0.263. The lowest BCUT2D eigenvalue weighted by Gasteiger charge is -2.21. The highest BCUT2D eigenvalue weighted by Crippen LogP contribution is 2.31. The highest BCUT2D eigenvalue weighted by molar-refractivity contribution is 9.10. The van der Waals surface area contributed by atoms with Crippen LogP contribution in [0, 0.1) is 0 Å². The van der Waals surface area contributed by atoms with E-state index in [1.54, 1.807) is 16.2 Å². The summed E-state index contributed by atoms with van der Waals surface area (Å²) in [5.74, 6) is -0.0191. The molecule has 27 heavy (non-hydrogen) atoms. The molecule has 8 heteroatoms. The minimum absolute atomic E-state index is 0. The van der Waals surface area contributed by atoms with Gasteiger partial charge < -0.3 is 4.90 Å². The average molecular weight is 534 g/mol. The van der Waals surface area contributed by atoms with Crippen LogP contribution in [0.15, 0.2) is 51.4 Å². The number of hydrogen-bond donors (Lipinski definition) is 0. The Hall–Kier alpha value is -0.990. The minimum atomic E-state index is -0.0191. The fourth-order valence-electron chi connectivity index (χ4n) is 2.58. The Labute approximate surface area is 186 Å². The molecule has 0 aliphatic rings. The molecule has 0 saturated carbocycles. The van der Waals surface area contributed by atoms with Crippen molar-refractivity contribution in [1.82, 2.24) is 9.88 Å². The first-order valence-electron chi connectivity index (χ1n) is 8.22. The zero-order valence-electron chi connectivity index (χ0n) is 15.0. The first-order chi connectivity index (χ1) is 12.4. The van der Waals surface area contributed by atoms with Crippen molar-refractivity contribution in [2.75, 3.05) is 32.1 Å². The maximum Gasteiger partial charge on any atom is 0.260 e. The number of aromatic nitrogens is 1. The lowest BCUT2D eigenvalue weighted by atomic mass is 10.2. The summed E-state index contributed by atoms with van der Waals surface area (Å²) in [4.78, 5) is 21.7. The minimum Gasteiger partial charge on any atom is -0.309 e. The standard InChI is InChI=1S/C19H19Br2N3OS.ClH/c1-23(2)10-3-11-24(18(25)13-4-6-14(20)7-5-13)19-22-16-9-8-15(21)12-17(16)26-19;/h4-9,12H,3,10-11H2,1-2H3;1H. The van der Waals surface area contributed by atoms with Gasteiger partial charge in [-0.1, -0.05) is 43.2 Å². The third kappa shape index (κ3) is 5.74. The van der Waals surface area contributed by atoms with E-state index in [1.165, 1.54) is 0 Å². The zero-order chi connectivity index (χ0) is 18.7. The largest absolute Gasteiger partial charge is 0.309 e. The van der Waals surface area contributed by atoms with Crippen molar-refractivity contribution < 1.29 is 4.79 Å². The Morgan fingerprint density at radius 3 is 2.37 bits per heavy atom. The van der Waals surface area contributed by atoms with E-state index in [2.05, 4.69) is 36.8 Å². The van der Waals surface area contributed by atoms with E-state index in [0.29, 0.717) is 12.1 Å². The summed E-state index contributed by atoms with van der Waals surface area (Å²) in [7, 11) is 4.08. The van der Waals surface area contributed by atoms with Crippen LogP contribution in [0.2, 0.25) is 0 Å². The number of rotatable bonds is 6. The Morgan fingerprint density at radius 1 is 1.04 bits per heavy atom. The molecule has 0 radical (unpaired) electrons. The monoisotopic (exact) mass is 531 g/mol. The van der Waals surface area contributed by atoms with Gasteiger partial charge in [0.15, 0.2) is 5.13 Å². The quantitative estimate of drug-likeness (QED) is 0.399. The highest BCUT2D eigenvalue weighted by atomic mass is 79.9. The van der Waals surface area contributed by atoms with Gasteiger partial charge in [-0.3, -0.25) is 9.69 Å². The average Bonchev–Trinajstić information content (AvgIpc) is 3.01. The maximum absolute atomic E-state index is 13.1. The van der Waals surface area contributed by atoms with Crippen molar-refractivity contribution in [2.24, 2.45) is 0 Å². The molecule has 4 nitrogen and oxygen atoms in total. The number of amides is 1. The van der Waals surface area contributed by atoms with Crippen LogP contribution >= 0.6 is 55.6 Å². The summed E-state index contributed by atoms with van der Waals surface area (Å²) >= 11 is 8.46. The highest BCUT2D eigenvalue weighted by Gasteiger charge is 2.21. The lowest BCUT2D eigenvalue weighted by Crippen LogP contribution is -2.33. The number of thiazole rings is 1. The van der Waals surface area contributed by atoms with Gasteiger partial charge in [-0.15, -0.1) is 12.4 Å². The predicted molar refractivity (Wildman–Crippen MR) is 124 cm³/mol. The van der Waals surface area contributed by atoms with Crippen LogP contribution in [0.25, 0.3) is 10.2 Å². The summed E-state index contributed by atoms with van der Waals surface area (Å²) in [6, 6.07) is 13.4. The van der Waals surface area contributed by atoms with E-state index in [-0.39, 0.29) is 18.3 Å². The molecule has 0 aliphatic carbocycles. The number of halogens is 3. The van der Waals surface area contributed by atoms with Crippen LogP contribution < -0.4 is 4.90 Å². The summed E-state index contributed by atoms with van der Waals surface area (Å²) in [5, 5.41) is 0.741. The van der Waals surface area contributed by atoms with E-state index in [9.17, 15) is 4.79 Å². The molecule has 2 aromatic carbocycles. The smallest absolute Gasteiger partial charge is 0.260 e. The Bertz CT molecular complexity index is 915. The van der Waals surface area contributed by atoms with Crippen molar-refractivity contribution in [3.8, 4) is 0 Å². The SMILES string of the molecule is CN(C)CCCN(C(=O)c1ccc(Br)cc1)c1nc2ccc(Br)cc2s1.Cl. The number of fused-ring (bicyclic) bond motifs is 1. The molecule has 0 N–H and O–H groups in total. The van der Waals surface area contributed by atoms with Crippen molar-refractivity contribution in [3.05, 3.63) is 57.0 Å². The second-order valence-electron chi connectivity index (χ2n) is 6.23. The molecular formula is C19H20Br2ClN3OS. The molecule has 144 valence electrons. The fourth-order valence-corrected chi connectivity index (χ4v) is 4.39. The number of benzene rings is 2. The van der Waals surface area contributed by atoms with Crippen molar-refractivity contribution in [3.63, 3.8) is 0 Å². The third-order valence-electron chi connectivity index (χ3n) is 3.89. The maximum atomic E-state index is 13.1. The van der Waals surface area contributed by atoms with Crippen LogP contribution in [0.3, 0.4) is 0 Å². The van der Waals surface area contributed by atoms with Gasteiger partial charge in [0.2, 0.25) is 0 Å². The zero-order valence-corrected chi connectivity index (χ0v) is 19.8. The molecule has 3 aromatic rings. The van der Waals surface area contributed by atoms with Gasteiger partial charge in [0, 0.05) is 21.1 Å². The van der Waals surface area contributed by atoms with E-state index in [4.69, 9.17) is 4.98 Å². The van der Waals surface area contributed by atoms with Gasteiger partial charge >= 0.3 is 0 Å². The second kappa shape index (κ2) is 9.98.